The molecule has 1 aliphatic rings. The molecule has 13 heavy (non-hydrogen) atoms. The van der Waals surface area contributed by atoms with Gasteiger partial charge in [-0.1, -0.05) is 0 Å². The van der Waals surface area contributed by atoms with Gasteiger partial charge in [0.1, 0.15) is 0 Å². The minimum absolute atomic E-state index is 0.230. The fourth-order valence-electron chi connectivity index (χ4n) is 1.37. The maximum absolute atomic E-state index is 10.7. The summed E-state index contributed by atoms with van der Waals surface area (Å²) in [4.78, 5) is 10.7. The number of hydrogen-bond donors (Lipinski definition) is 0. The van der Waals surface area contributed by atoms with Crippen LogP contribution in [0.5, 0.6) is 0 Å². The van der Waals surface area contributed by atoms with Gasteiger partial charge in [0.05, 0.1) is 6.61 Å². The third-order valence-electron chi connectivity index (χ3n) is 1.87. The van der Waals surface area contributed by atoms with Crippen LogP contribution in [0.1, 0.15) is 26.7 Å². The SMILES string of the molecule is CCO[C@@H]1OCCC[C@H]1OC(C)=O. The van der Waals surface area contributed by atoms with Crippen molar-refractivity contribution in [1.29, 1.82) is 0 Å². The van der Waals surface area contributed by atoms with Crippen molar-refractivity contribution in [1.82, 2.24) is 0 Å². The molecule has 1 fully saturated rings. The Morgan fingerprint density at radius 1 is 1.62 bits per heavy atom. The van der Waals surface area contributed by atoms with E-state index in [1.54, 1.807) is 0 Å². The van der Waals surface area contributed by atoms with Gasteiger partial charge in [-0.2, -0.15) is 0 Å². The summed E-state index contributed by atoms with van der Waals surface area (Å²) >= 11 is 0. The molecule has 0 aromatic heterocycles. The standard InChI is InChI=1S/C9H16O4/c1-3-11-9-8(13-7(2)10)5-4-6-12-9/h8-9H,3-6H2,1-2H3/t8-,9-/m1/s1. The van der Waals surface area contributed by atoms with Crippen molar-refractivity contribution in [2.75, 3.05) is 13.2 Å². The number of carbonyl (C=O) groups is 1. The number of hydrogen-bond acceptors (Lipinski definition) is 4. The first kappa shape index (κ1) is 10.5. The van der Waals surface area contributed by atoms with Crippen LogP contribution in [0.2, 0.25) is 0 Å². The lowest BCUT2D eigenvalue weighted by Gasteiger charge is -2.30. The molecular formula is C9H16O4. The van der Waals surface area contributed by atoms with Crippen molar-refractivity contribution in [3.63, 3.8) is 0 Å². The van der Waals surface area contributed by atoms with E-state index in [0.29, 0.717) is 13.2 Å². The minimum atomic E-state index is -0.373. The summed E-state index contributed by atoms with van der Waals surface area (Å²) in [7, 11) is 0. The summed E-state index contributed by atoms with van der Waals surface area (Å²) in [5, 5.41) is 0. The Hall–Kier alpha value is -0.610. The van der Waals surface area contributed by atoms with Crippen LogP contribution in [0, 0.1) is 0 Å². The van der Waals surface area contributed by atoms with Gasteiger partial charge in [-0.05, 0) is 19.8 Å². The average molecular weight is 188 g/mol. The van der Waals surface area contributed by atoms with Crippen LogP contribution in [0.4, 0.5) is 0 Å². The predicted octanol–water partition coefficient (Wildman–Crippen LogP) is 1.09. The largest absolute Gasteiger partial charge is 0.457 e. The monoisotopic (exact) mass is 188 g/mol. The van der Waals surface area contributed by atoms with Crippen LogP contribution in [-0.4, -0.2) is 31.6 Å². The van der Waals surface area contributed by atoms with Crippen molar-refractivity contribution in [3.05, 3.63) is 0 Å². The van der Waals surface area contributed by atoms with Crippen molar-refractivity contribution in [3.8, 4) is 0 Å². The van der Waals surface area contributed by atoms with Crippen LogP contribution >= 0.6 is 0 Å². The molecule has 0 saturated carbocycles. The number of carbonyl (C=O) groups excluding carboxylic acids is 1. The van der Waals surface area contributed by atoms with Crippen molar-refractivity contribution in [2.24, 2.45) is 0 Å². The Bertz CT molecular complexity index is 167. The Labute approximate surface area is 78.2 Å². The Morgan fingerprint density at radius 3 is 3.00 bits per heavy atom. The first-order valence-electron chi connectivity index (χ1n) is 4.64. The highest BCUT2D eigenvalue weighted by Crippen LogP contribution is 2.18. The zero-order valence-electron chi connectivity index (χ0n) is 8.12. The zero-order valence-corrected chi connectivity index (χ0v) is 8.12. The third-order valence-corrected chi connectivity index (χ3v) is 1.87. The molecule has 1 heterocycles. The maximum Gasteiger partial charge on any atom is 0.303 e. The fourth-order valence-corrected chi connectivity index (χ4v) is 1.37. The normalized spacial score (nSPS) is 28.5. The highest BCUT2D eigenvalue weighted by molar-refractivity contribution is 5.66. The predicted molar refractivity (Wildman–Crippen MR) is 46.2 cm³/mol. The molecule has 76 valence electrons. The Balaban J connectivity index is 2.41. The zero-order chi connectivity index (χ0) is 9.68. The molecule has 1 rings (SSSR count). The van der Waals surface area contributed by atoms with Gasteiger partial charge in [0, 0.05) is 13.5 Å². The second-order valence-corrected chi connectivity index (χ2v) is 2.98. The van der Waals surface area contributed by atoms with Crippen LogP contribution in [-0.2, 0) is 19.0 Å². The molecular weight excluding hydrogens is 172 g/mol. The summed E-state index contributed by atoms with van der Waals surface area (Å²) in [6.45, 7) is 4.55. The summed E-state index contributed by atoms with van der Waals surface area (Å²) < 4.78 is 15.7. The van der Waals surface area contributed by atoms with Gasteiger partial charge in [-0.25, -0.2) is 0 Å². The average Bonchev–Trinajstić information content (AvgIpc) is 2.08. The maximum atomic E-state index is 10.7. The number of esters is 1. The molecule has 1 saturated heterocycles. The van der Waals surface area contributed by atoms with Crippen molar-refractivity contribution in [2.45, 2.75) is 39.1 Å². The van der Waals surface area contributed by atoms with E-state index in [0.717, 1.165) is 12.8 Å². The smallest absolute Gasteiger partial charge is 0.303 e. The lowest BCUT2D eigenvalue weighted by molar-refractivity contribution is -0.224. The van der Waals surface area contributed by atoms with Crippen molar-refractivity contribution < 1.29 is 19.0 Å². The first-order valence-corrected chi connectivity index (χ1v) is 4.64. The number of ether oxygens (including phenoxy) is 3. The van der Waals surface area contributed by atoms with Crippen LogP contribution in [0.25, 0.3) is 0 Å². The summed E-state index contributed by atoms with van der Waals surface area (Å²) in [6, 6.07) is 0. The lowest BCUT2D eigenvalue weighted by atomic mass is 10.1. The van der Waals surface area contributed by atoms with Crippen molar-refractivity contribution >= 4 is 5.97 Å². The molecule has 0 N–H and O–H groups in total. The van der Waals surface area contributed by atoms with Gasteiger partial charge in [-0.3, -0.25) is 4.79 Å². The lowest BCUT2D eigenvalue weighted by Crippen LogP contribution is -2.39. The van der Waals surface area contributed by atoms with Crippen LogP contribution in [0.15, 0.2) is 0 Å². The van der Waals surface area contributed by atoms with E-state index in [-0.39, 0.29) is 18.4 Å². The molecule has 0 aromatic carbocycles. The van der Waals surface area contributed by atoms with Gasteiger partial charge in [0.2, 0.25) is 0 Å². The Kier molecular flexibility index (Phi) is 4.18. The molecule has 0 unspecified atom stereocenters. The molecule has 0 bridgehead atoms. The fraction of sp³-hybridized carbons (Fsp3) is 0.889. The highest BCUT2D eigenvalue weighted by atomic mass is 16.7. The summed E-state index contributed by atoms with van der Waals surface area (Å²) in [5.41, 5.74) is 0. The Morgan fingerprint density at radius 2 is 2.38 bits per heavy atom. The van der Waals surface area contributed by atoms with Crippen LogP contribution < -0.4 is 0 Å². The molecule has 0 radical (unpaired) electrons. The summed E-state index contributed by atoms with van der Waals surface area (Å²) in [6.07, 6.45) is 1.14. The van der Waals surface area contributed by atoms with Gasteiger partial charge in [0.25, 0.3) is 0 Å². The molecule has 0 amide bonds. The molecule has 4 heteroatoms. The third kappa shape index (κ3) is 3.32. The van der Waals surface area contributed by atoms with E-state index in [2.05, 4.69) is 0 Å². The van der Waals surface area contributed by atoms with Crippen LogP contribution in [0.3, 0.4) is 0 Å². The quantitative estimate of drug-likeness (QED) is 0.622. The molecule has 0 aliphatic carbocycles. The molecule has 2 atom stereocenters. The molecule has 0 spiro atoms. The highest BCUT2D eigenvalue weighted by Gasteiger charge is 2.28. The molecule has 1 aliphatic heterocycles. The van der Waals surface area contributed by atoms with E-state index in [4.69, 9.17) is 14.2 Å². The van der Waals surface area contributed by atoms with E-state index < -0.39 is 0 Å². The number of rotatable bonds is 3. The van der Waals surface area contributed by atoms with E-state index in [1.165, 1.54) is 6.92 Å². The van der Waals surface area contributed by atoms with E-state index in [9.17, 15) is 4.79 Å². The molecule has 4 nitrogen and oxygen atoms in total. The minimum Gasteiger partial charge on any atom is -0.457 e. The topological polar surface area (TPSA) is 44.8 Å². The molecule has 0 aromatic rings. The first-order chi connectivity index (χ1) is 6.24. The van der Waals surface area contributed by atoms with Gasteiger partial charge in [-0.15, -0.1) is 0 Å². The second-order valence-electron chi connectivity index (χ2n) is 2.98. The van der Waals surface area contributed by atoms with E-state index >= 15 is 0 Å². The second kappa shape index (κ2) is 5.19. The van der Waals surface area contributed by atoms with Gasteiger partial charge < -0.3 is 14.2 Å². The summed E-state index contributed by atoms with van der Waals surface area (Å²) in [5.74, 6) is -0.278. The van der Waals surface area contributed by atoms with Gasteiger partial charge in [0.15, 0.2) is 12.4 Å². The van der Waals surface area contributed by atoms with E-state index in [1.807, 2.05) is 6.92 Å². The van der Waals surface area contributed by atoms with Gasteiger partial charge >= 0.3 is 5.97 Å².